The topological polar surface area (TPSA) is 81.7 Å². The molecule has 3 fully saturated rings. The average Bonchev–Trinajstić information content (AvgIpc) is 3.25. The van der Waals surface area contributed by atoms with Crippen molar-refractivity contribution in [1.29, 1.82) is 0 Å². The van der Waals surface area contributed by atoms with Crippen LogP contribution in [0.3, 0.4) is 0 Å². The first kappa shape index (κ1) is 33.8. The Hall–Kier alpha value is -1.08. The Morgan fingerprint density at radius 3 is 2.45 bits per heavy atom. The number of rotatable bonds is 13. The van der Waals surface area contributed by atoms with Crippen LogP contribution in [0.25, 0.3) is 0 Å². The zero-order valence-electron chi connectivity index (χ0n) is 27.8. The molecule has 0 bridgehead atoms. The lowest BCUT2D eigenvalue weighted by Gasteiger charge is -2.58. The molecular formula is C35H61NO5S. The molecule has 1 unspecified atom stereocenters. The highest BCUT2D eigenvalue weighted by atomic mass is 32.2. The summed E-state index contributed by atoms with van der Waals surface area (Å²) >= 11 is 0. The molecule has 9 atom stereocenters. The second-order valence-electron chi connectivity index (χ2n) is 15.5. The lowest BCUT2D eigenvalue weighted by molar-refractivity contribution is -0.0584. The number of fused-ring (bicyclic) bond motifs is 5. The molecule has 4 aliphatic rings. The molecule has 0 radical (unpaired) electrons. The molecule has 0 aromatic carbocycles. The minimum atomic E-state index is -3.68. The highest BCUT2D eigenvalue weighted by Crippen LogP contribution is 2.67. The van der Waals surface area contributed by atoms with Crippen LogP contribution in [-0.2, 0) is 19.0 Å². The molecule has 0 aromatic heterocycles. The van der Waals surface area contributed by atoms with Crippen LogP contribution in [0.2, 0.25) is 0 Å². The summed E-state index contributed by atoms with van der Waals surface area (Å²) in [7, 11) is -3.68. The lowest BCUT2D eigenvalue weighted by Crippen LogP contribution is -2.51. The molecule has 0 aliphatic heterocycles. The maximum absolute atomic E-state index is 12.8. The number of unbranched alkanes of at least 4 members (excludes halogenated alkanes) is 2. The first-order chi connectivity index (χ1) is 19.8. The van der Waals surface area contributed by atoms with Gasteiger partial charge in [-0.3, -0.25) is 5.32 Å². The van der Waals surface area contributed by atoms with Crippen molar-refractivity contribution < 1.29 is 22.1 Å². The Balaban J connectivity index is 1.36. The van der Waals surface area contributed by atoms with Gasteiger partial charge >= 0.3 is 6.09 Å². The van der Waals surface area contributed by atoms with Crippen molar-refractivity contribution in [2.45, 2.75) is 150 Å². The van der Waals surface area contributed by atoms with Crippen LogP contribution in [0, 0.1) is 46.3 Å². The van der Waals surface area contributed by atoms with Gasteiger partial charge in [-0.2, -0.15) is 8.42 Å². The highest BCUT2D eigenvalue weighted by Gasteiger charge is 2.59. The molecule has 7 heteroatoms. The van der Waals surface area contributed by atoms with Crippen LogP contribution in [-0.4, -0.2) is 33.1 Å². The number of ether oxygens (including phenoxy) is 1. The molecule has 4 rings (SSSR count). The molecule has 1 amide bonds. The minimum Gasteiger partial charge on any atom is -0.446 e. The van der Waals surface area contributed by atoms with Crippen LogP contribution >= 0.6 is 0 Å². The van der Waals surface area contributed by atoms with E-state index in [-0.39, 0.29) is 11.5 Å². The van der Waals surface area contributed by atoms with Gasteiger partial charge in [0.2, 0.25) is 0 Å². The first-order valence-electron chi connectivity index (χ1n) is 17.3. The van der Waals surface area contributed by atoms with E-state index in [0.29, 0.717) is 11.8 Å². The SMILES string of the molecule is CCCCCC(NC(=O)O[C@H]1CC[C@@]2(C)C(=CC[C@H]3[C@@H]4CC[C@H]([C@H](C)CCCC(C)C)[C@@]4(C)CC[C@@H]32)C1)OS(C)(=O)=O. The second kappa shape index (κ2) is 13.9. The predicted molar refractivity (Wildman–Crippen MR) is 170 cm³/mol. The monoisotopic (exact) mass is 607 g/mol. The summed E-state index contributed by atoms with van der Waals surface area (Å²) in [4.78, 5) is 12.8. The van der Waals surface area contributed by atoms with Gasteiger partial charge in [-0.05, 0) is 104 Å². The van der Waals surface area contributed by atoms with Crippen molar-refractivity contribution in [3.63, 3.8) is 0 Å². The van der Waals surface area contributed by atoms with Gasteiger partial charge in [0.15, 0.2) is 6.23 Å². The van der Waals surface area contributed by atoms with Gasteiger partial charge in [0.05, 0.1) is 6.26 Å². The van der Waals surface area contributed by atoms with Crippen molar-refractivity contribution in [3.05, 3.63) is 11.6 Å². The highest BCUT2D eigenvalue weighted by molar-refractivity contribution is 7.86. The fourth-order valence-electron chi connectivity index (χ4n) is 10.0. The first-order valence-corrected chi connectivity index (χ1v) is 19.1. The molecule has 242 valence electrons. The molecule has 3 saturated carbocycles. The molecule has 42 heavy (non-hydrogen) atoms. The number of nitrogens with one attached hydrogen (secondary N) is 1. The lowest BCUT2D eigenvalue weighted by atomic mass is 9.47. The van der Waals surface area contributed by atoms with Gasteiger partial charge in [-0.15, -0.1) is 0 Å². The molecule has 0 aromatic rings. The fraction of sp³-hybridized carbons (Fsp3) is 0.914. The van der Waals surface area contributed by atoms with E-state index in [0.717, 1.165) is 80.3 Å². The van der Waals surface area contributed by atoms with Gasteiger partial charge in [0.1, 0.15) is 6.10 Å². The van der Waals surface area contributed by atoms with Gasteiger partial charge in [0, 0.05) is 6.42 Å². The van der Waals surface area contributed by atoms with Crippen molar-refractivity contribution in [2.75, 3.05) is 6.26 Å². The molecule has 6 nitrogen and oxygen atoms in total. The molecule has 0 heterocycles. The van der Waals surface area contributed by atoms with E-state index in [4.69, 9.17) is 8.92 Å². The van der Waals surface area contributed by atoms with Crippen LogP contribution in [0.5, 0.6) is 0 Å². The van der Waals surface area contributed by atoms with Crippen molar-refractivity contribution >= 4 is 16.2 Å². The molecular weight excluding hydrogens is 546 g/mol. The number of alkyl carbamates (subject to hydrolysis) is 1. The van der Waals surface area contributed by atoms with Gasteiger partial charge < -0.3 is 4.74 Å². The Kier molecular flexibility index (Phi) is 11.2. The van der Waals surface area contributed by atoms with E-state index >= 15 is 0 Å². The Morgan fingerprint density at radius 2 is 1.76 bits per heavy atom. The van der Waals surface area contributed by atoms with Crippen molar-refractivity contribution in [1.82, 2.24) is 5.32 Å². The standard InChI is InChI=1S/C35H61NO5S/c1-8-9-10-14-32(41-42(7,38)39)36-33(37)40-27-19-21-34(5)26(23-27)15-16-28-30-18-17-29(25(4)13-11-12-24(2)3)35(30,6)22-20-31(28)34/h15,24-25,27-32H,8-14,16-23H2,1-7H3,(H,36,37)/t25-,27+,28+,29-,30+,31+,32?,34+,35-/m1/s1. The molecule has 0 saturated heterocycles. The number of hydrogen-bond donors (Lipinski definition) is 1. The van der Waals surface area contributed by atoms with E-state index in [2.05, 4.69) is 52.9 Å². The number of hydrogen-bond acceptors (Lipinski definition) is 5. The maximum Gasteiger partial charge on any atom is 0.409 e. The average molecular weight is 608 g/mol. The summed E-state index contributed by atoms with van der Waals surface area (Å²) in [5.74, 6) is 4.85. The van der Waals surface area contributed by atoms with E-state index in [1.54, 1.807) is 0 Å². The van der Waals surface area contributed by atoms with Crippen LogP contribution in [0.4, 0.5) is 4.79 Å². The third-order valence-corrected chi connectivity index (χ3v) is 12.8. The van der Waals surface area contributed by atoms with Gasteiger partial charge in [-0.1, -0.05) is 85.3 Å². The van der Waals surface area contributed by atoms with E-state index in [1.807, 2.05) is 0 Å². The van der Waals surface area contributed by atoms with Crippen LogP contribution in [0.15, 0.2) is 11.6 Å². The van der Waals surface area contributed by atoms with Crippen molar-refractivity contribution in [2.24, 2.45) is 46.3 Å². The Labute approximate surface area is 257 Å². The number of carbonyl (C=O) groups excluding carboxylic acids is 1. The normalized spacial score (nSPS) is 35.9. The minimum absolute atomic E-state index is 0.174. The largest absolute Gasteiger partial charge is 0.446 e. The Morgan fingerprint density at radius 1 is 1.00 bits per heavy atom. The zero-order valence-corrected chi connectivity index (χ0v) is 28.6. The number of amides is 1. The smallest absolute Gasteiger partial charge is 0.409 e. The Bertz CT molecular complexity index is 1060. The quantitative estimate of drug-likeness (QED) is 0.0978. The summed E-state index contributed by atoms with van der Waals surface area (Å²) in [5, 5.41) is 2.69. The molecule has 4 aliphatic carbocycles. The second-order valence-corrected chi connectivity index (χ2v) is 17.1. The summed E-state index contributed by atoms with van der Waals surface area (Å²) in [6.07, 6.45) is 18.6. The van der Waals surface area contributed by atoms with Crippen LogP contribution < -0.4 is 5.32 Å². The fourth-order valence-corrected chi connectivity index (χ4v) is 10.6. The third-order valence-electron chi connectivity index (χ3n) is 12.2. The van der Waals surface area contributed by atoms with E-state index < -0.39 is 22.4 Å². The zero-order chi connectivity index (χ0) is 30.7. The van der Waals surface area contributed by atoms with E-state index in [9.17, 15) is 13.2 Å². The van der Waals surface area contributed by atoms with Gasteiger partial charge in [-0.25, -0.2) is 8.98 Å². The van der Waals surface area contributed by atoms with E-state index in [1.165, 1.54) is 56.9 Å². The maximum atomic E-state index is 12.8. The molecule has 1 N–H and O–H groups in total. The summed E-state index contributed by atoms with van der Waals surface area (Å²) in [6.45, 7) is 14.5. The van der Waals surface area contributed by atoms with Crippen molar-refractivity contribution in [3.8, 4) is 0 Å². The summed E-state index contributed by atoms with van der Waals surface area (Å²) in [6, 6.07) is 0. The molecule has 0 spiro atoms. The number of allylic oxidation sites excluding steroid dienone is 1. The third kappa shape index (κ3) is 7.76. The van der Waals surface area contributed by atoms with Gasteiger partial charge in [0.25, 0.3) is 10.1 Å². The summed E-state index contributed by atoms with van der Waals surface area (Å²) < 4.78 is 34.5. The predicted octanol–water partition coefficient (Wildman–Crippen LogP) is 9.01. The van der Waals surface area contributed by atoms with Crippen LogP contribution in [0.1, 0.15) is 138 Å². The number of carbonyl (C=O) groups is 1. The summed E-state index contributed by atoms with van der Waals surface area (Å²) in [5.41, 5.74) is 2.17.